The Morgan fingerprint density at radius 1 is 0.371 bits per heavy atom. The van der Waals surface area contributed by atoms with E-state index in [-0.39, 0.29) is 0 Å². The van der Waals surface area contributed by atoms with Crippen molar-refractivity contribution in [3.63, 3.8) is 0 Å². The maximum atomic E-state index is 6.72. The molecule has 3 heteroatoms. The second-order valence-corrected chi connectivity index (χ2v) is 9.11. The minimum atomic E-state index is 0.572. The zero-order valence-electron chi connectivity index (χ0n) is 20.0. The number of aryl methyl sites for hydroxylation is 2. The maximum Gasteiger partial charge on any atom is 0.0515 e. The van der Waals surface area contributed by atoms with Crippen LogP contribution in [0.25, 0.3) is 44.5 Å². The highest BCUT2D eigenvalue weighted by molar-refractivity contribution is 6.01. The molecule has 3 nitrogen and oxygen atoms in total. The first-order valence-corrected chi connectivity index (χ1v) is 11.7. The van der Waals surface area contributed by atoms with Gasteiger partial charge < -0.3 is 17.2 Å². The minimum Gasteiger partial charge on any atom is -0.398 e. The zero-order chi connectivity index (χ0) is 24.5. The summed E-state index contributed by atoms with van der Waals surface area (Å²) < 4.78 is 0. The Kier molecular flexibility index (Phi) is 5.76. The summed E-state index contributed by atoms with van der Waals surface area (Å²) in [7, 11) is 0. The molecule has 5 aromatic carbocycles. The van der Waals surface area contributed by atoms with E-state index in [1.54, 1.807) is 0 Å². The molecule has 0 atom stereocenters. The van der Waals surface area contributed by atoms with Gasteiger partial charge in [0.05, 0.1) is 5.69 Å². The molecule has 0 unspecified atom stereocenters. The van der Waals surface area contributed by atoms with Crippen LogP contribution >= 0.6 is 0 Å². The van der Waals surface area contributed by atoms with Gasteiger partial charge in [0.1, 0.15) is 0 Å². The maximum absolute atomic E-state index is 6.72. The van der Waals surface area contributed by atoms with Crippen molar-refractivity contribution >= 4 is 17.1 Å². The van der Waals surface area contributed by atoms with Crippen LogP contribution < -0.4 is 17.2 Å². The third-order valence-corrected chi connectivity index (χ3v) is 6.54. The van der Waals surface area contributed by atoms with E-state index in [1.165, 1.54) is 22.3 Å². The monoisotopic (exact) mass is 455 g/mol. The van der Waals surface area contributed by atoms with Crippen LogP contribution in [-0.4, -0.2) is 0 Å². The number of rotatable bonds is 4. The molecule has 0 fully saturated rings. The molecule has 172 valence electrons. The van der Waals surface area contributed by atoms with Crippen molar-refractivity contribution in [3.05, 3.63) is 114 Å². The topological polar surface area (TPSA) is 78.1 Å². The van der Waals surface area contributed by atoms with Crippen molar-refractivity contribution in [2.45, 2.75) is 13.8 Å². The average Bonchev–Trinajstić information content (AvgIpc) is 2.86. The van der Waals surface area contributed by atoms with E-state index < -0.39 is 0 Å². The molecule has 5 rings (SSSR count). The van der Waals surface area contributed by atoms with E-state index in [4.69, 9.17) is 17.2 Å². The first-order chi connectivity index (χ1) is 16.9. The second kappa shape index (κ2) is 9.03. The molecule has 0 saturated heterocycles. The van der Waals surface area contributed by atoms with Crippen molar-refractivity contribution in [3.8, 4) is 44.5 Å². The number of anilines is 3. The summed E-state index contributed by atoms with van der Waals surface area (Å²) in [6.45, 7) is 4.18. The van der Waals surface area contributed by atoms with E-state index in [1.807, 2.05) is 6.07 Å². The van der Waals surface area contributed by atoms with Gasteiger partial charge in [-0.15, -0.1) is 0 Å². The summed E-state index contributed by atoms with van der Waals surface area (Å²) in [5, 5.41) is 0. The Balaban J connectivity index is 1.52. The van der Waals surface area contributed by atoms with E-state index in [0.29, 0.717) is 17.1 Å². The van der Waals surface area contributed by atoms with Crippen LogP contribution in [0.15, 0.2) is 103 Å². The first-order valence-electron chi connectivity index (χ1n) is 11.7. The van der Waals surface area contributed by atoms with E-state index in [2.05, 4.69) is 111 Å². The fourth-order valence-corrected chi connectivity index (χ4v) is 4.54. The Morgan fingerprint density at radius 3 is 0.943 bits per heavy atom. The van der Waals surface area contributed by atoms with E-state index >= 15 is 0 Å². The van der Waals surface area contributed by atoms with E-state index in [0.717, 1.165) is 33.4 Å². The second-order valence-electron chi connectivity index (χ2n) is 9.11. The highest BCUT2D eigenvalue weighted by atomic mass is 14.7. The highest BCUT2D eigenvalue weighted by Gasteiger charge is 2.17. The fourth-order valence-electron chi connectivity index (χ4n) is 4.54. The van der Waals surface area contributed by atoms with Crippen LogP contribution in [-0.2, 0) is 0 Å². The Bertz CT molecular complexity index is 1370. The quantitative estimate of drug-likeness (QED) is 0.243. The van der Waals surface area contributed by atoms with Crippen LogP contribution in [0.1, 0.15) is 11.1 Å². The molecule has 0 heterocycles. The number of hydrogen-bond donors (Lipinski definition) is 3. The van der Waals surface area contributed by atoms with Gasteiger partial charge in [0.2, 0.25) is 0 Å². The lowest BCUT2D eigenvalue weighted by Crippen LogP contribution is -2.03. The molecule has 0 saturated carbocycles. The Hall–Kier alpha value is -4.50. The predicted molar refractivity (Wildman–Crippen MR) is 151 cm³/mol. The van der Waals surface area contributed by atoms with Crippen molar-refractivity contribution in [1.82, 2.24) is 0 Å². The third kappa shape index (κ3) is 4.36. The lowest BCUT2D eigenvalue weighted by Gasteiger charge is -2.18. The minimum absolute atomic E-state index is 0.572. The van der Waals surface area contributed by atoms with Crippen LogP contribution in [0, 0.1) is 13.8 Å². The van der Waals surface area contributed by atoms with Crippen LogP contribution in [0.3, 0.4) is 0 Å². The van der Waals surface area contributed by atoms with Crippen molar-refractivity contribution in [2.24, 2.45) is 0 Å². The molecule has 0 amide bonds. The SMILES string of the molecule is Cc1ccc(-c2ccc(-c3c(N)cc(N)c(-c4ccc(-c5ccc(C)cc5)cc4)c3N)cc2)cc1. The van der Waals surface area contributed by atoms with Crippen molar-refractivity contribution in [2.75, 3.05) is 17.2 Å². The summed E-state index contributed by atoms with van der Waals surface area (Å²) in [6, 6.07) is 35.5. The lowest BCUT2D eigenvalue weighted by atomic mass is 9.91. The van der Waals surface area contributed by atoms with Crippen molar-refractivity contribution in [1.29, 1.82) is 0 Å². The largest absolute Gasteiger partial charge is 0.398 e. The van der Waals surface area contributed by atoms with Crippen LogP contribution in [0.2, 0.25) is 0 Å². The number of nitrogen functional groups attached to an aromatic ring is 3. The van der Waals surface area contributed by atoms with Gasteiger partial charge in [-0.25, -0.2) is 0 Å². The lowest BCUT2D eigenvalue weighted by molar-refractivity contribution is 1.47. The molecule has 0 aliphatic carbocycles. The standard InChI is InChI=1S/C32H29N3/c1-20-3-7-22(8-4-20)24-11-15-26(16-12-24)30-28(33)19-29(34)31(32(30)35)27-17-13-25(14-18-27)23-9-5-21(2)6-10-23/h3-19H,33-35H2,1-2H3. The molecule has 0 bridgehead atoms. The normalized spacial score (nSPS) is 10.9. The van der Waals surface area contributed by atoms with Crippen LogP contribution in [0.4, 0.5) is 17.1 Å². The third-order valence-electron chi connectivity index (χ3n) is 6.54. The molecular formula is C32H29N3. The molecular weight excluding hydrogens is 426 g/mol. The van der Waals surface area contributed by atoms with Gasteiger partial charge in [-0.05, 0) is 53.3 Å². The van der Waals surface area contributed by atoms with Gasteiger partial charge in [0.15, 0.2) is 0 Å². The number of benzene rings is 5. The van der Waals surface area contributed by atoms with E-state index in [9.17, 15) is 0 Å². The number of nitrogens with two attached hydrogens (primary N) is 3. The molecule has 0 spiro atoms. The van der Waals surface area contributed by atoms with Crippen molar-refractivity contribution < 1.29 is 0 Å². The molecule has 0 radical (unpaired) electrons. The number of hydrogen-bond acceptors (Lipinski definition) is 3. The Morgan fingerprint density at radius 2 is 0.629 bits per heavy atom. The smallest absolute Gasteiger partial charge is 0.0515 e. The van der Waals surface area contributed by atoms with Gasteiger partial charge in [-0.2, -0.15) is 0 Å². The van der Waals surface area contributed by atoms with Gasteiger partial charge in [0, 0.05) is 22.5 Å². The van der Waals surface area contributed by atoms with Crippen LogP contribution in [0.5, 0.6) is 0 Å². The predicted octanol–water partition coefficient (Wildman–Crippen LogP) is 7.72. The molecule has 6 N–H and O–H groups in total. The summed E-state index contributed by atoms with van der Waals surface area (Å²) in [6.07, 6.45) is 0. The van der Waals surface area contributed by atoms with Gasteiger partial charge in [-0.3, -0.25) is 0 Å². The summed E-state index contributed by atoms with van der Waals surface area (Å²) in [4.78, 5) is 0. The molecule has 0 aromatic heterocycles. The highest BCUT2D eigenvalue weighted by Crippen LogP contribution is 2.43. The molecule has 0 aliphatic rings. The van der Waals surface area contributed by atoms with Gasteiger partial charge in [-0.1, -0.05) is 108 Å². The molecule has 5 aromatic rings. The fraction of sp³-hybridized carbons (Fsp3) is 0.0625. The average molecular weight is 456 g/mol. The van der Waals surface area contributed by atoms with Gasteiger partial charge in [0.25, 0.3) is 0 Å². The summed E-state index contributed by atoms with van der Waals surface area (Å²) in [5.41, 5.74) is 32.0. The Labute approximate surface area is 206 Å². The first kappa shape index (κ1) is 22.3. The summed E-state index contributed by atoms with van der Waals surface area (Å²) >= 11 is 0. The molecule has 0 aliphatic heterocycles. The molecule has 35 heavy (non-hydrogen) atoms. The van der Waals surface area contributed by atoms with Gasteiger partial charge >= 0.3 is 0 Å². The summed E-state index contributed by atoms with van der Waals surface area (Å²) in [5.74, 6) is 0. The zero-order valence-corrected chi connectivity index (χ0v) is 20.0.